The van der Waals surface area contributed by atoms with Gasteiger partial charge in [0.05, 0.1) is 29.9 Å². The number of aryl methyl sites for hydroxylation is 2. The fourth-order valence-corrected chi connectivity index (χ4v) is 5.29. The van der Waals surface area contributed by atoms with Gasteiger partial charge in [-0.2, -0.15) is 5.10 Å². The number of aromatic nitrogens is 2. The second kappa shape index (κ2) is 9.40. The highest BCUT2D eigenvalue weighted by atomic mass is 16.5. The summed E-state index contributed by atoms with van der Waals surface area (Å²) >= 11 is 0. The Bertz CT molecular complexity index is 1210. The molecule has 2 heterocycles. The van der Waals surface area contributed by atoms with Crippen molar-refractivity contribution in [2.24, 2.45) is 0 Å². The number of nitrogens with one attached hydrogen (secondary N) is 2. The molecule has 6 heteroatoms. The van der Waals surface area contributed by atoms with Crippen molar-refractivity contribution in [3.05, 3.63) is 76.5 Å². The third-order valence-corrected chi connectivity index (χ3v) is 7.54. The molecule has 2 N–H and O–H groups in total. The summed E-state index contributed by atoms with van der Waals surface area (Å²) in [6, 6.07) is 16.6. The van der Waals surface area contributed by atoms with E-state index in [1.54, 1.807) is 7.11 Å². The summed E-state index contributed by atoms with van der Waals surface area (Å²) in [5.41, 5.74) is 4.10. The standard InChI is InChI=1S/C29H38N4O2/c1-8-29(9-2,22-15-13-19(3)14-16-22)31-27(34)25-20(4)32-33-26(25)30-24(18-28(33,5)6)21-11-10-12-23(17-21)35-7/h10-17,24,30H,8-9,18H2,1-7H3,(H,31,34). The summed E-state index contributed by atoms with van der Waals surface area (Å²) in [5.74, 6) is 1.50. The Morgan fingerprint density at radius 2 is 1.86 bits per heavy atom. The van der Waals surface area contributed by atoms with Crippen LogP contribution in [0.4, 0.5) is 5.82 Å². The van der Waals surface area contributed by atoms with Crippen LogP contribution in [0.3, 0.4) is 0 Å². The van der Waals surface area contributed by atoms with Crippen molar-refractivity contribution in [1.29, 1.82) is 0 Å². The fourth-order valence-electron chi connectivity index (χ4n) is 5.29. The van der Waals surface area contributed by atoms with E-state index >= 15 is 0 Å². The quantitative estimate of drug-likeness (QED) is 0.425. The molecule has 3 aromatic rings. The van der Waals surface area contributed by atoms with Crippen molar-refractivity contribution in [2.75, 3.05) is 12.4 Å². The monoisotopic (exact) mass is 474 g/mol. The zero-order chi connectivity index (χ0) is 25.4. The van der Waals surface area contributed by atoms with Crippen LogP contribution in [-0.2, 0) is 11.1 Å². The number of anilines is 1. The maximum Gasteiger partial charge on any atom is 0.257 e. The van der Waals surface area contributed by atoms with Crippen molar-refractivity contribution in [3.63, 3.8) is 0 Å². The van der Waals surface area contributed by atoms with E-state index in [4.69, 9.17) is 9.84 Å². The Morgan fingerprint density at radius 3 is 2.49 bits per heavy atom. The van der Waals surface area contributed by atoms with Crippen LogP contribution in [-0.4, -0.2) is 22.8 Å². The predicted molar refractivity (Wildman–Crippen MR) is 141 cm³/mol. The summed E-state index contributed by atoms with van der Waals surface area (Å²) in [5, 5.41) is 11.9. The molecule has 4 rings (SSSR count). The first-order chi connectivity index (χ1) is 16.6. The first-order valence-electron chi connectivity index (χ1n) is 12.5. The Morgan fingerprint density at radius 1 is 1.17 bits per heavy atom. The number of hydrogen-bond donors (Lipinski definition) is 2. The van der Waals surface area contributed by atoms with Crippen molar-refractivity contribution >= 4 is 11.7 Å². The minimum absolute atomic E-state index is 0.0365. The predicted octanol–water partition coefficient (Wildman–Crippen LogP) is 6.25. The third-order valence-electron chi connectivity index (χ3n) is 7.54. The minimum atomic E-state index is -0.442. The molecule has 1 aliphatic heterocycles. The molecule has 0 bridgehead atoms. The number of methoxy groups -OCH3 is 1. The molecule has 1 aromatic heterocycles. The van der Waals surface area contributed by atoms with Crippen LogP contribution < -0.4 is 15.4 Å². The minimum Gasteiger partial charge on any atom is -0.497 e. The van der Waals surface area contributed by atoms with E-state index in [-0.39, 0.29) is 17.5 Å². The summed E-state index contributed by atoms with van der Waals surface area (Å²) in [7, 11) is 1.68. The van der Waals surface area contributed by atoms with Crippen molar-refractivity contribution in [1.82, 2.24) is 15.1 Å². The smallest absolute Gasteiger partial charge is 0.257 e. The molecular weight excluding hydrogens is 436 g/mol. The Labute approximate surface area is 209 Å². The van der Waals surface area contributed by atoms with Crippen LogP contribution in [0, 0.1) is 13.8 Å². The first kappa shape index (κ1) is 24.8. The van der Waals surface area contributed by atoms with Gasteiger partial charge in [0.1, 0.15) is 17.1 Å². The lowest BCUT2D eigenvalue weighted by molar-refractivity contribution is 0.0889. The highest BCUT2D eigenvalue weighted by molar-refractivity contribution is 6.00. The van der Waals surface area contributed by atoms with Crippen LogP contribution in [0.25, 0.3) is 0 Å². The van der Waals surface area contributed by atoms with Gasteiger partial charge in [-0.05, 0) is 70.2 Å². The molecule has 0 spiro atoms. The number of benzene rings is 2. The molecule has 1 aliphatic rings. The molecule has 0 saturated heterocycles. The molecule has 1 atom stereocenters. The summed E-state index contributed by atoms with van der Waals surface area (Å²) in [6.07, 6.45) is 2.44. The topological polar surface area (TPSA) is 68.2 Å². The van der Waals surface area contributed by atoms with Crippen LogP contribution in [0.2, 0.25) is 0 Å². The number of hydrogen-bond acceptors (Lipinski definition) is 4. The number of fused-ring (bicyclic) bond motifs is 1. The van der Waals surface area contributed by atoms with Crippen LogP contribution in [0.15, 0.2) is 48.5 Å². The van der Waals surface area contributed by atoms with Crippen LogP contribution >= 0.6 is 0 Å². The molecule has 6 nitrogen and oxygen atoms in total. The zero-order valence-corrected chi connectivity index (χ0v) is 22.0. The average Bonchev–Trinajstić information content (AvgIpc) is 3.20. The highest BCUT2D eigenvalue weighted by Crippen LogP contribution is 2.42. The Kier molecular flexibility index (Phi) is 6.67. The lowest BCUT2D eigenvalue weighted by Gasteiger charge is -2.39. The number of amides is 1. The van der Waals surface area contributed by atoms with Gasteiger partial charge in [-0.1, -0.05) is 55.8 Å². The van der Waals surface area contributed by atoms with Crippen LogP contribution in [0.1, 0.15) is 85.7 Å². The highest BCUT2D eigenvalue weighted by Gasteiger charge is 2.39. The van der Waals surface area contributed by atoms with E-state index < -0.39 is 5.54 Å². The number of rotatable bonds is 7. The van der Waals surface area contributed by atoms with E-state index in [1.807, 2.05) is 23.7 Å². The number of ether oxygens (including phenoxy) is 1. The fraction of sp³-hybridized carbons (Fsp3) is 0.448. The molecular formula is C29H38N4O2. The number of carbonyl (C=O) groups is 1. The Balaban J connectivity index is 1.72. The molecule has 1 unspecified atom stereocenters. The molecule has 0 fully saturated rings. The van der Waals surface area contributed by atoms with Gasteiger partial charge < -0.3 is 15.4 Å². The zero-order valence-electron chi connectivity index (χ0n) is 22.0. The lowest BCUT2D eigenvalue weighted by Crippen LogP contribution is -2.45. The molecule has 0 aliphatic carbocycles. The Hall–Kier alpha value is -3.28. The van der Waals surface area contributed by atoms with Gasteiger partial charge in [-0.3, -0.25) is 4.79 Å². The maximum absolute atomic E-state index is 13.9. The summed E-state index contributed by atoms with van der Waals surface area (Å²) in [4.78, 5) is 13.9. The molecule has 1 amide bonds. The maximum atomic E-state index is 13.9. The second-order valence-electron chi connectivity index (χ2n) is 10.3. The van der Waals surface area contributed by atoms with Gasteiger partial charge in [0.25, 0.3) is 5.91 Å². The number of nitrogens with zero attached hydrogens (tertiary/aromatic N) is 2. The van der Waals surface area contributed by atoms with E-state index in [2.05, 4.69) is 81.7 Å². The lowest BCUT2D eigenvalue weighted by atomic mass is 9.84. The van der Waals surface area contributed by atoms with E-state index in [9.17, 15) is 4.79 Å². The van der Waals surface area contributed by atoms with Gasteiger partial charge in [-0.25, -0.2) is 4.68 Å². The molecule has 186 valence electrons. The van der Waals surface area contributed by atoms with Crippen molar-refractivity contribution in [3.8, 4) is 5.75 Å². The average molecular weight is 475 g/mol. The molecule has 0 radical (unpaired) electrons. The van der Waals surface area contributed by atoms with Crippen molar-refractivity contribution in [2.45, 2.75) is 77.9 Å². The van der Waals surface area contributed by atoms with Gasteiger partial charge in [0.15, 0.2) is 0 Å². The summed E-state index contributed by atoms with van der Waals surface area (Å²) < 4.78 is 7.44. The van der Waals surface area contributed by atoms with E-state index in [0.717, 1.165) is 47.7 Å². The largest absolute Gasteiger partial charge is 0.497 e. The van der Waals surface area contributed by atoms with Crippen molar-refractivity contribution < 1.29 is 9.53 Å². The molecule has 35 heavy (non-hydrogen) atoms. The van der Waals surface area contributed by atoms with Gasteiger partial charge in [-0.15, -0.1) is 0 Å². The first-order valence-corrected chi connectivity index (χ1v) is 12.5. The second-order valence-corrected chi connectivity index (χ2v) is 10.3. The molecule has 2 aromatic carbocycles. The van der Waals surface area contributed by atoms with E-state index in [1.165, 1.54) is 5.56 Å². The summed E-state index contributed by atoms with van der Waals surface area (Å²) in [6.45, 7) is 12.6. The SMILES string of the molecule is CCC(CC)(NC(=O)c1c(C)nn2c1NC(c1cccc(OC)c1)CC2(C)C)c1ccc(C)cc1. The van der Waals surface area contributed by atoms with Crippen LogP contribution in [0.5, 0.6) is 5.75 Å². The van der Waals surface area contributed by atoms with Gasteiger partial charge in [0.2, 0.25) is 0 Å². The van der Waals surface area contributed by atoms with Gasteiger partial charge >= 0.3 is 0 Å². The normalized spacial score (nSPS) is 16.8. The van der Waals surface area contributed by atoms with Gasteiger partial charge in [0, 0.05) is 0 Å². The van der Waals surface area contributed by atoms with E-state index in [0.29, 0.717) is 5.56 Å². The number of carbonyl (C=O) groups excluding carboxylic acids is 1. The third kappa shape index (κ3) is 4.54. The molecule has 0 saturated carbocycles.